The standard InChI is InChI=1S/C14H14BrClN2/c1-18(9-11-3-2-4-13(15)7-11)10-12-5-6-14(16)17-8-12/h2-8H,9-10H2,1H3. The smallest absolute Gasteiger partial charge is 0.129 e. The maximum atomic E-state index is 5.77. The molecule has 0 saturated carbocycles. The Morgan fingerprint density at radius 3 is 2.61 bits per heavy atom. The van der Waals surface area contributed by atoms with Gasteiger partial charge >= 0.3 is 0 Å². The first-order valence-electron chi connectivity index (χ1n) is 5.67. The van der Waals surface area contributed by atoms with E-state index in [9.17, 15) is 0 Å². The van der Waals surface area contributed by atoms with E-state index in [1.807, 2.05) is 24.4 Å². The molecule has 0 spiro atoms. The van der Waals surface area contributed by atoms with Crippen LogP contribution < -0.4 is 0 Å². The van der Waals surface area contributed by atoms with Crippen molar-refractivity contribution in [3.05, 3.63) is 63.3 Å². The highest BCUT2D eigenvalue weighted by Gasteiger charge is 2.02. The zero-order valence-corrected chi connectivity index (χ0v) is 12.4. The van der Waals surface area contributed by atoms with Crippen molar-refractivity contribution in [2.45, 2.75) is 13.1 Å². The van der Waals surface area contributed by atoms with E-state index in [-0.39, 0.29) is 0 Å². The van der Waals surface area contributed by atoms with Gasteiger partial charge < -0.3 is 0 Å². The molecule has 0 aliphatic heterocycles. The van der Waals surface area contributed by atoms with Gasteiger partial charge in [-0.15, -0.1) is 0 Å². The van der Waals surface area contributed by atoms with Gasteiger partial charge in [-0.05, 0) is 36.4 Å². The normalized spacial score (nSPS) is 10.9. The summed E-state index contributed by atoms with van der Waals surface area (Å²) in [5, 5.41) is 0.536. The number of halogens is 2. The van der Waals surface area contributed by atoms with Crippen LogP contribution in [-0.4, -0.2) is 16.9 Å². The SMILES string of the molecule is CN(Cc1ccc(Cl)nc1)Cc1cccc(Br)c1. The molecular weight excluding hydrogens is 312 g/mol. The van der Waals surface area contributed by atoms with Crippen LogP contribution in [0.5, 0.6) is 0 Å². The lowest BCUT2D eigenvalue weighted by Gasteiger charge is -2.16. The Balaban J connectivity index is 1.96. The monoisotopic (exact) mass is 324 g/mol. The summed E-state index contributed by atoms with van der Waals surface area (Å²) in [4.78, 5) is 6.33. The Morgan fingerprint density at radius 1 is 1.17 bits per heavy atom. The largest absolute Gasteiger partial charge is 0.298 e. The van der Waals surface area contributed by atoms with E-state index < -0.39 is 0 Å². The second-order valence-electron chi connectivity index (χ2n) is 4.29. The van der Waals surface area contributed by atoms with Crippen molar-refractivity contribution < 1.29 is 0 Å². The summed E-state index contributed by atoms with van der Waals surface area (Å²) < 4.78 is 1.11. The lowest BCUT2D eigenvalue weighted by Crippen LogP contribution is -2.17. The Hall–Kier alpha value is -0.900. The van der Waals surface area contributed by atoms with E-state index in [1.54, 1.807) is 0 Å². The van der Waals surface area contributed by atoms with Crippen LogP contribution in [0.2, 0.25) is 5.15 Å². The van der Waals surface area contributed by atoms with Crippen molar-refractivity contribution in [3.63, 3.8) is 0 Å². The lowest BCUT2D eigenvalue weighted by atomic mass is 10.2. The minimum atomic E-state index is 0.536. The second kappa shape index (κ2) is 6.32. The van der Waals surface area contributed by atoms with E-state index >= 15 is 0 Å². The van der Waals surface area contributed by atoms with Crippen LogP contribution in [0.4, 0.5) is 0 Å². The highest BCUT2D eigenvalue weighted by atomic mass is 79.9. The van der Waals surface area contributed by atoms with Crippen LogP contribution in [-0.2, 0) is 13.1 Å². The molecular formula is C14H14BrClN2. The third-order valence-electron chi connectivity index (χ3n) is 2.58. The molecule has 0 amide bonds. The molecule has 2 nitrogen and oxygen atoms in total. The maximum Gasteiger partial charge on any atom is 0.129 e. The number of nitrogens with zero attached hydrogens (tertiary/aromatic N) is 2. The van der Waals surface area contributed by atoms with E-state index in [4.69, 9.17) is 11.6 Å². The van der Waals surface area contributed by atoms with Gasteiger partial charge in [0, 0.05) is 23.8 Å². The Labute approximate surface area is 121 Å². The van der Waals surface area contributed by atoms with Crippen LogP contribution in [0, 0.1) is 0 Å². The van der Waals surface area contributed by atoms with Gasteiger partial charge in [-0.1, -0.05) is 45.7 Å². The molecule has 2 rings (SSSR count). The molecule has 0 fully saturated rings. The molecule has 0 bridgehead atoms. The average molecular weight is 326 g/mol. The van der Waals surface area contributed by atoms with Gasteiger partial charge in [0.25, 0.3) is 0 Å². The summed E-state index contributed by atoms with van der Waals surface area (Å²) in [7, 11) is 2.09. The summed E-state index contributed by atoms with van der Waals surface area (Å²) in [5.74, 6) is 0. The van der Waals surface area contributed by atoms with Gasteiger partial charge in [-0.3, -0.25) is 4.90 Å². The fraction of sp³-hybridized carbons (Fsp3) is 0.214. The van der Waals surface area contributed by atoms with Crippen molar-refractivity contribution in [1.29, 1.82) is 0 Å². The van der Waals surface area contributed by atoms with Crippen LogP contribution in [0.25, 0.3) is 0 Å². The van der Waals surface area contributed by atoms with E-state index in [0.717, 1.165) is 23.1 Å². The first-order valence-corrected chi connectivity index (χ1v) is 6.84. The van der Waals surface area contributed by atoms with Gasteiger partial charge in [0.1, 0.15) is 5.15 Å². The van der Waals surface area contributed by atoms with Gasteiger partial charge in [0.2, 0.25) is 0 Å². The third kappa shape index (κ3) is 4.09. The van der Waals surface area contributed by atoms with Crippen molar-refractivity contribution in [1.82, 2.24) is 9.88 Å². The maximum absolute atomic E-state index is 5.77. The van der Waals surface area contributed by atoms with Crippen LogP contribution in [0.1, 0.15) is 11.1 Å². The van der Waals surface area contributed by atoms with E-state index in [1.165, 1.54) is 5.56 Å². The van der Waals surface area contributed by atoms with Crippen molar-refractivity contribution in [2.24, 2.45) is 0 Å². The predicted molar refractivity (Wildman–Crippen MR) is 78.6 cm³/mol. The zero-order chi connectivity index (χ0) is 13.0. The van der Waals surface area contributed by atoms with Crippen molar-refractivity contribution in [3.8, 4) is 0 Å². The molecule has 18 heavy (non-hydrogen) atoms. The second-order valence-corrected chi connectivity index (χ2v) is 5.59. The number of aromatic nitrogens is 1. The molecule has 1 aromatic heterocycles. The Kier molecular flexibility index (Phi) is 4.75. The zero-order valence-electron chi connectivity index (χ0n) is 10.1. The van der Waals surface area contributed by atoms with E-state index in [0.29, 0.717) is 5.15 Å². The molecule has 2 aromatic rings. The van der Waals surface area contributed by atoms with Crippen molar-refractivity contribution >= 4 is 27.5 Å². The molecule has 1 heterocycles. The van der Waals surface area contributed by atoms with Crippen LogP contribution in [0.15, 0.2) is 47.1 Å². The Bertz CT molecular complexity index is 513. The first kappa shape index (κ1) is 13.5. The average Bonchev–Trinajstić information content (AvgIpc) is 2.32. The molecule has 0 saturated heterocycles. The minimum Gasteiger partial charge on any atom is -0.298 e. The van der Waals surface area contributed by atoms with Gasteiger partial charge in [0.05, 0.1) is 0 Å². The molecule has 0 N–H and O–H groups in total. The molecule has 4 heteroatoms. The first-order chi connectivity index (χ1) is 8.63. The molecule has 94 valence electrons. The fourth-order valence-electron chi connectivity index (χ4n) is 1.81. The topological polar surface area (TPSA) is 16.1 Å². The summed E-state index contributed by atoms with van der Waals surface area (Å²) in [5.41, 5.74) is 2.45. The van der Waals surface area contributed by atoms with Crippen LogP contribution in [0.3, 0.4) is 0 Å². The summed E-state index contributed by atoms with van der Waals surface area (Å²) >= 11 is 9.25. The third-order valence-corrected chi connectivity index (χ3v) is 3.30. The van der Waals surface area contributed by atoms with Crippen molar-refractivity contribution in [2.75, 3.05) is 7.05 Å². The number of benzene rings is 1. The minimum absolute atomic E-state index is 0.536. The van der Waals surface area contributed by atoms with Gasteiger partial charge in [-0.25, -0.2) is 4.98 Å². The number of hydrogen-bond acceptors (Lipinski definition) is 2. The highest BCUT2D eigenvalue weighted by molar-refractivity contribution is 9.10. The van der Waals surface area contributed by atoms with E-state index in [2.05, 4.69) is 51.1 Å². The van der Waals surface area contributed by atoms with Crippen LogP contribution >= 0.6 is 27.5 Å². The molecule has 0 aliphatic carbocycles. The highest BCUT2D eigenvalue weighted by Crippen LogP contribution is 2.14. The molecule has 0 aliphatic rings. The van der Waals surface area contributed by atoms with Gasteiger partial charge in [0.15, 0.2) is 0 Å². The predicted octanol–water partition coefficient (Wildman–Crippen LogP) is 4.13. The lowest BCUT2D eigenvalue weighted by molar-refractivity contribution is 0.318. The molecule has 0 unspecified atom stereocenters. The number of pyridine rings is 1. The van der Waals surface area contributed by atoms with Gasteiger partial charge in [-0.2, -0.15) is 0 Å². The number of rotatable bonds is 4. The Morgan fingerprint density at radius 2 is 1.94 bits per heavy atom. The molecule has 0 atom stereocenters. The summed E-state index contributed by atoms with van der Waals surface area (Å²) in [6, 6.07) is 12.2. The molecule has 1 aromatic carbocycles. The summed E-state index contributed by atoms with van der Waals surface area (Å²) in [6.45, 7) is 1.76. The quantitative estimate of drug-likeness (QED) is 0.786. The fourth-order valence-corrected chi connectivity index (χ4v) is 2.37. The summed E-state index contributed by atoms with van der Waals surface area (Å²) in [6.07, 6.45) is 1.82. The molecule has 0 radical (unpaired) electrons. The number of hydrogen-bond donors (Lipinski definition) is 0.